The van der Waals surface area contributed by atoms with E-state index in [-0.39, 0.29) is 18.8 Å². The Kier molecular flexibility index (Phi) is 7.04. The van der Waals surface area contributed by atoms with Crippen LogP contribution in [0, 0.1) is 0 Å². The molecule has 0 unspecified atom stereocenters. The van der Waals surface area contributed by atoms with E-state index < -0.39 is 11.9 Å². The van der Waals surface area contributed by atoms with E-state index in [0.717, 1.165) is 5.56 Å². The van der Waals surface area contributed by atoms with E-state index in [1.165, 1.54) is 37.7 Å². The van der Waals surface area contributed by atoms with E-state index in [0.29, 0.717) is 5.92 Å². The number of benzene rings is 1. The second-order valence-corrected chi connectivity index (χ2v) is 6.00. The minimum Gasteiger partial charge on any atom is -0.462 e. The Morgan fingerprint density at radius 1 is 0.958 bits per heavy atom. The number of carbonyl (C=O) groups excluding carboxylic acids is 2. The molecule has 0 heterocycles. The van der Waals surface area contributed by atoms with Gasteiger partial charge in [0, 0.05) is 0 Å². The molecule has 0 radical (unpaired) electrons. The fraction of sp³-hybridized carbons (Fsp3) is 0.500. The lowest BCUT2D eigenvalue weighted by molar-refractivity contribution is -0.146. The number of rotatable bonds is 6. The molecule has 1 fully saturated rings. The summed E-state index contributed by atoms with van der Waals surface area (Å²) in [6.45, 7) is 3.85. The highest BCUT2D eigenvalue weighted by Gasteiger charge is 2.21. The van der Waals surface area contributed by atoms with Gasteiger partial charge < -0.3 is 9.47 Å². The average molecular weight is 330 g/mol. The summed E-state index contributed by atoms with van der Waals surface area (Å²) < 4.78 is 9.91. The second-order valence-electron chi connectivity index (χ2n) is 6.00. The van der Waals surface area contributed by atoms with Crippen LogP contribution in [0.25, 0.3) is 6.08 Å². The zero-order chi connectivity index (χ0) is 17.4. The van der Waals surface area contributed by atoms with Crippen LogP contribution in [0.15, 0.2) is 29.8 Å². The minimum atomic E-state index is -0.646. The Balaban J connectivity index is 2.18. The molecule has 24 heavy (non-hydrogen) atoms. The van der Waals surface area contributed by atoms with Gasteiger partial charge in [-0.15, -0.1) is 0 Å². The highest BCUT2D eigenvalue weighted by atomic mass is 16.6. The van der Waals surface area contributed by atoms with E-state index in [9.17, 15) is 9.59 Å². The van der Waals surface area contributed by atoms with Gasteiger partial charge in [0.1, 0.15) is 5.57 Å². The lowest BCUT2D eigenvalue weighted by Crippen LogP contribution is -2.18. The third-order valence-electron chi connectivity index (χ3n) is 4.31. The van der Waals surface area contributed by atoms with Gasteiger partial charge in [0.2, 0.25) is 0 Å². The summed E-state index contributed by atoms with van der Waals surface area (Å²) >= 11 is 0. The maximum atomic E-state index is 12.0. The Morgan fingerprint density at radius 2 is 1.50 bits per heavy atom. The first-order valence-electron chi connectivity index (χ1n) is 8.81. The predicted molar refractivity (Wildman–Crippen MR) is 93.5 cm³/mol. The van der Waals surface area contributed by atoms with Gasteiger partial charge in [-0.3, -0.25) is 0 Å². The van der Waals surface area contributed by atoms with Crippen LogP contribution in [0.2, 0.25) is 0 Å². The summed E-state index contributed by atoms with van der Waals surface area (Å²) in [5.41, 5.74) is 2.07. The van der Waals surface area contributed by atoms with Gasteiger partial charge in [-0.2, -0.15) is 0 Å². The van der Waals surface area contributed by atoms with Crippen molar-refractivity contribution in [2.24, 2.45) is 0 Å². The molecule has 4 nitrogen and oxygen atoms in total. The van der Waals surface area contributed by atoms with Gasteiger partial charge in [-0.1, -0.05) is 43.5 Å². The van der Waals surface area contributed by atoms with Gasteiger partial charge in [0.05, 0.1) is 13.2 Å². The molecule has 2 rings (SSSR count). The summed E-state index contributed by atoms with van der Waals surface area (Å²) in [6, 6.07) is 8.08. The molecule has 1 saturated carbocycles. The van der Waals surface area contributed by atoms with Crippen molar-refractivity contribution in [2.45, 2.75) is 51.9 Å². The standard InChI is InChI=1S/C20H26O4/c1-3-23-19(21)18(20(22)24-4-2)14-15-10-12-17(13-11-15)16-8-6-5-7-9-16/h10-14,16H,3-9H2,1-2H3. The smallest absolute Gasteiger partial charge is 0.345 e. The maximum Gasteiger partial charge on any atom is 0.345 e. The van der Waals surface area contributed by atoms with E-state index in [4.69, 9.17) is 9.47 Å². The second kappa shape index (κ2) is 9.26. The molecule has 0 amide bonds. The van der Waals surface area contributed by atoms with E-state index >= 15 is 0 Å². The molecule has 0 atom stereocenters. The minimum absolute atomic E-state index is 0.0656. The first-order chi connectivity index (χ1) is 11.7. The molecule has 1 aromatic rings. The molecule has 0 bridgehead atoms. The number of carbonyl (C=O) groups is 2. The van der Waals surface area contributed by atoms with Crippen LogP contribution in [0.1, 0.15) is 63.0 Å². The van der Waals surface area contributed by atoms with E-state index in [2.05, 4.69) is 12.1 Å². The fourth-order valence-electron chi connectivity index (χ4n) is 3.09. The van der Waals surface area contributed by atoms with Crippen LogP contribution < -0.4 is 0 Å². The SMILES string of the molecule is CCOC(=O)C(=Cc1ccc(C2CCCCC2)cc1)C(=O)OCC. The van der Waals surface area contributed by atoms with Gasteiger partial charge in [-0.25, -0.2) is 9.59 Å². The zero-order valence-corrected chi connectivity index (χ0v) is 14.5. The molecule has 0 aromatic heterocycles. The molecule has 1 aromatic carbocycles. The largest absolute Gasteiger partial charge is 0.462 e. The summed E-state index contributed by atoms with van der Waals surface area (Å²) in [5, 5.41) is 0. The molecule has 130 valence electrons. The summed E-state index contributed by atoms with van der Waals surface area (Å²) in [6.07, 6.45) is 7.95. The summed E-state index contributed by atoms with van der Waals surface area (Å²) in [5.74, 6) is -0.661. The molecule has 1 aliphatic rings. The Hall–Kier alpha value is -2.10. The van der Waals surface area contributed by atoms with Crippen molar-refractivity contribution in [1.29, 1.82) is 0 Å². The Bertz CT molecular complexity index is 560. The van der Waals surface area contributed by atoms with Crippen LogP contribution in [-0.4, -0.2) is 25.2 Å². The fourth-order valence-corrected chi connectivity index (χ4v) is 3.09. The van der Waals surface area contributed by atoms with Crippen molar-refractivity contribution in [2.75, 3.05) is 13.2 Å². The molecule has 0 saturated heterocycles. The van der Waals surface area contributed by atoms with Crippen molar-refractivity contribution in [1.82, 2.24) is 0 Å². The number of hydrogen-bond acceptors (Lipinski definition) is 4. The quantitative estimate of drug-likeness (QED) is 0.339. The third kappa shape index (κ3) is 4.95. The summed E-state index contributed by atoms with van der Waals surface area (Å²) in [7, 11) is 0. The third-order valence-corrected chi connectivity index (χ3v) is 4.31. The van der Waals surface area contributed by atoms with Crippen molar-refractivity contribution in [3.8, 4) is 0 Å². The first-order valence-corrected chi connectivity index (χ1v) is 8.81. The number of ether oxygens (including phenoxy) is 2. The van der Waals surface area contributed by atoms with Crippen molar-refractivity contribution in [3.05, 3.63) is 41.0 Å². The molecule has 0 N–H and O–H groups in total. The molecular formula is C20H26O4. The van der Waals surface area contributed by atoms with Crippen LogP contribution in [0.4, 0.5) is 0 Å². The lowest BCUT2D eigenvalue weighted by atomic mass is 9.84. The average Bonchev–Trinajstić information content (AvgIpc) is 2.61. The first kappa shape index (κ1) is 18.2. The Labute approximate surface area is 143 Å². The van der Waals surface area contributed by atoms with Crippen molar-refractivity contribution < 1.29 is 19.1 Å². The normalized spacial score (nSPS) is 14.8. The molecule has 4 heteroatoms. The van der Waals surface area contributed by atoms with Gasteiger partial charge in [0.15, 0.2) is 0 Å². The highest BCUT2D eigenvalue weighted by Crippen LogP contribution is 2.32. The predicted octanol–water partition coefficient (Wildman–Crippen LogP) is 4.24. The van der Waals surface area contributed by atoms with E-state index in [1.807, 2.05) is 12.1 Å². The maximum absolute atomic E-state index is 12.0. The zero-order valence-electron chi connectivity index (χ0n) is 14.5. The van der Waals surface area contributed by atoms with Gasteiger partial charge in [0.25, 0.3) is 0 Å². The van der Waals surface area contributed by atoms with Crippen LogP contribution >= 0.6 is 0 Å². The number of esters is 2. The molecular weight excluding hydrogens is 304 g/mol. The highest BCUT2D eigenvalue weighted by molar-refractivity contribution is 6.17. The molecule has 0 spiro atoms. The van der Waals surface area contributed by atoms with Gasteiger partial charge >= 0.3 is 11.9 Å². The number of hydrogen-bond donors (Lipinski definition) is 0. The molecule has 0 aliphatic heterocycles. The van der Waals surface area contributed by atoms with Gasteiger partial charge in [-0.05, 0) is 49.8 Å². The topological polar surface area (TPSA) is 52.6 Å². The van der Waals surface area contributed by atoms with Crippen LogP contribution in [-0.2, 0) is 19.1 Å². The Morgan fingerprint density at radius 3 is 2.00 bits per heavy atom. The van der Waals surface area contributed by atoms with Crippen molar-refractivity contribution in [3.63, 3.8) is 0 Å². The summed E-state index contributed by atoms with van der Waals surface area (Å²) in [4.78, 5) is 24.0. The van der Waals surface area contributed by atoms with E-state index in [1.54, 1.807) is 19.9 Å². The van der Waals surface area contributed by atoms with Crippen LogP contribution in [0.3, 0.4) is 0 Å². The monoisotopic (exact) mass is 330 g/mol. The lowest BCUT2D eigenvalue weighted by Gasteiger charge is -2.21. The van der Waals surface area contributed by atoms with Crippen molar-refractivity contribution >= 4 is 18.0 Å². The molecule has 1 aliphatic carbocycles. The van der Waals surface area contributed by atoms with Crippen LogP contribution in [0.5, 0.6) is 0 Å².